The molecule has 0 fully saturated rings. The van der Waals surface area contributed by atoms with E-state index in [4.69, 9.17) is 5.84 Å². The average molecular weight is 304 g/mol. The zero-order valence-corrected chi connectivity index (χ0v) is 12.9. The minimum atomic E-state index is 0.760. The molecule has 104 valence electrons. The van der Waals surface area contributed by atoms with Crippen molar-refractivity contribution in [2.45, 2.75) is 29.1 Å². The van der Waals surface area contributed by atoms with Gasteiger partial charge in [-0.05, 0) is 19.1 Å². The SMILES string of the molecule is Cc1cccc(SCc2nc3c(c(NN)n2)CSC3)c1. The zero-order chi connectivity index (χ0) is 13.9. The number of benzene rings is 1. The normalized spacial score (nSPS) is 13.3. The van der Waals surface area contributed by atoms with Crippen LogP contribution in [-0.4, -0.2) is 9.97 Å². The standard InChI is InChI=1S/C14H16N4S2/c1-9-3-2-4-10(5-9)20-8-13-16-12-7-19-6-11(12)14(17-13)18-15/h2-5H,6-8,15H2,1H3,(H,16,17,18). The number of nitrogens with two attached hydrogens (primary N) is 1. The lowest BCUT2D eigenvalue weighted by molar-refractivity contribution is 0.969. The highest BCUT2D eigenvalue weighted by atomic mass is 32.2. The third-order valence-electron chi connectivity index (χ3n) is 3.12. The van der Waals surface area contributed by atoms with Crippen molar-refractivity contribution in [1.82, 2.24) is 9.97 Å². The number of nitrogens with zero attached hydrogens (tertiary/aromatic N) is 2. The van der Waals surface area contributed by atoms with Crippen molar-refractivity contribution >= 4 is 29.3 Å². The van der Waals surface area contributed by atoms with Crippen molar-refractivity contribution in [3.05, 3.63) is 46.9 Å². The number of rotatable bonds is 4. The number of aromatic nitrogens is 2. The summed E-state index contributed by atoms with van der Waals surface area (Å²) in [7, 11) is 0. The molecule has 0 aliphatic carbocycles. The lowest BCUT2D eigenvalue weighted by Gasteiger charge is -2.08. The Morgan fingerprint density at radius 3 is 3.05 bits per heavy atom. The summed E-state index contributed by atoms with van der Waals surface area (Å²) in [5, 5.41) is 0. The quantitative estimate of drug-likeness (QED) is 0.514. The molecule has 1 aromatic carbocycles. The Bertz CT molecular complexity index is 631. The van der Waals surface area contributed by atoms with E-state index in [1.807, 2.05) is 11.8 Å². The predicted octanol–water partition coefficient (Wildman–Crippen LogP) is 3.11. The summed E-state index contributed by atoms with van der Waals surface area (Å²) in [6, 6.07) is 8.47. The highest BCUT2D eigenvalue weighted by Gasteiger charge is 2.19. The van der Waals surface area contributed by atoms with Crippen LogP contribution in [0, 0.1) is 6.92 Å². The Balaban J connectivity index is 1.78. The Morgan fingerprint density at radius 2 is 2.25 bits per heavy atom. The summed E-state index contributed by atoms with van der Waals surface area (Å²) in [4.78, 5) is 10.4. The highest BCUT2D eigenvalue weighted by molar-refractivity contribution is 7.98. The summed E-state index contributed by atoms with van der Waals surface area (Å²) < 4.78 is 0. The molecule has 0 radical (unpaired) electrons. The van der Waals surface area contributed by atoms with Gasteiger partial charge in [0.05, 0.1) is 11.4 Å². The van der Waals surface area contributed by atoms with Crippen LogP contribution in [0.2, 0.25) is 0 Å². The van der Waals surface area contributed by atoms with Gasteiger partial charge in [0.2, 0.25) is 0 Å². The Morgan fingerprint density at radius 1 is 1.35 bits per heavy atom. The molecule has 0 saturated carbocycles. The maximum atomic E-state index is 5.56. The number of nitrogen functional groups attached to an aromatic ring is 1. The molecule has 0 bridgehead atoms. The van der Waals surface area contributed by atoms with E-state index in [2.05, 4.69) is 46.6 Å². The van der Waals surface area contributed by atoms with Crippen LogP contribution in [0.5, 0.6) is 0 Å². The fourth-order valence-electron chi connectivity index (χ4n) is 2.14. The molecule has 2 aromatic rings. The van der Waals surface area contributed by atoms with Gasteiger partial charge in [0.25, 0.3) is 0 Å². The van der Waals surface area contributed by atoms with Crippen LogP contribution in [0.3, 0.4) is 0 Å². The summed E-state index contributed by atoms with van der Waals surface area (Å²) >= 11 is 3.60. The molecule has 20 heavy (non-hydrogen) atoms. The molecule has 1 aliphatic heterocycles. The molecule has 3 N–H and O–H groups in total. The second-order valence-electron chi connectivity index (χ2n) is 4.66. The highest BCUT2D eigenvalue weighted by Crippen LogP contribution is 2.33. The number of hydrazine groups is 1. The molecule has 6 heteroatoms. The number of hydrogen-bond acceptors (Lipinski definition) is 6. The van der Waals surface area contributed by atoms with Crippen molar-refractivity contribution in [3.8, 4) is 0 Å². The topological polar surface area (TPSA) is 63.8 Å². The van der Waals surface area contributed by atoms with Crippen LogP contribution >= 0.6 is 23.5 Å². The fraction of sp³-hybridized carbons (Fsp3) is 0.286. The Hall–Kier alpha value is -1.24. The van der Waals surface area contributed by atoms with Gasteiger partial charge in [-0.3, -0.25) is 0 Å². The van der Waals surface area contributed by atoms with Gasteiger partial charge in [-0.2, -0.15) is 11.8 Å². The first kappa shape index (κ1) is 13.7. The summed E-state index contributed by atoms with van der Waals surface area (Å²) in [6.07, 6.45) is 0. The van der Waals surface area contributed by atoms with E-state index in [1.54, 1.807) is 11.8 Å². The molecule has 0 saturated heterocycles. The second-order valence-corrected chi connectivity index (χ2v) is 6.69. The molecule has 0 unspecified atom stereocenters. The zero-order valence-electron chi connectivity index (χ0n) is 11.2. The van der Waals surface area contributed by atoms with Crippen LogP contribution in [0.25, 0.3) is 0 Å². The average Bonchev–Trinajstić information content (AvgIpc) is 2.92. The third-order valence-corrected chi connectivity index (χ3v) is 5.08. The van der Waals surface area contributed by atoms with Gasteiger partial charge in [-0.1, -0.05) is 17.7 Å². The summed E-state index contributed by atoms with van der Waals surface area (Å²) in [6.45, 7) is 2.10. The van der Waals surface area contributed by atoms with E-state index < -0.39 is 0 Å². The number of fused-ring (bicyclic) bond motifs is 1. The van der Waals surface area contributed by atoms with E-state index >= 15 is 0 Å². The van der Waals surface area contributed by atoms with Crippen LogP contribution < -0.4 is 11.3 Å². The second kappa shape index (κ2) is 6.03. The third kappa shape index (κ3) is 2.92. The summed E-state index contributed by atoms with van der Waals surface area (Å²) in [5.41, 5.74) is 6.25. The first-order chi connectivity index (χ1) is 9.76. The molecule has 1 aliphatic rings. The van der Waals surface area contributed by atoms with Crippen molar-refractivity contribution in [1.29, 1.82) is 0 Å². The van der Waals surface area contributed by atoms with Gasteiger partial charge in [-0.15, -0.1) is 11.8 Å². The van der Waals surface area contributed by atoms with Crippen molar-refractivity contribution in [3.63, 3.8) is 0 Å². The molecule has 0 spiro atoms. The Labute approximate surface area is 126 Å². The van der Waals surface area contributed by atoms with Crippen LogP contribution in [0.4, 0.5) is 5.82 Å². The molecule has 4 nitrogen and oxygen atoms in total. The monoisotopic (exact) mass is 304 g/mol. The predicted molar refractivity (Wildman–Crippen MR) is 85.6 cm³/mol. The molecule has 0 atom stereocenters. The Kier molecular flexibility index (Phi) is 4.14. The van der Waals surface area contributed by atoms with Gasteiger partial charge in [0.15, 0.2) is 0 Å². The maximum Gasteiger partial charge on any atom is 0.148 e. The molecule has 1 aromatic heterocycles. The minimum Gasteiger partial charge on any atom is -0.308 e. The number of anilines is 1. The van der Waals surface area contributed by atoms with Crippen LogP contribution in [-0.2, 0) is 17.3 Å². The molecule has 3 rings (SSSR count). The van der Waals surface area contributed by atoms with Gasteiger partial charge in [-0.25, -0.2) is 15.8 Å². The minimum absolute atomic E-state index is 0.760. The molecular formula is C14H16N4S2. The maximum absolute atomic E-state index is 5.56. The van der Waals surface area contributed by atoms with Crippen molar-refractivity contribution in [2.75, 3.05) is 5.43 Å². The number of hydrogen-bond donors (Lipinski definition) is 2. The molecular weight excluding hydrogens is 288 g/mol. The lowest BCUT2D eigenvalue weighted by Crippen LogP contribution is -2.13. The summed E-state index contributed by atoms with van der Waals surface area (Å²) in [5.74, 6) is 9.84. The fourth-order valence-corrected chi connectivity index (χ4v) is 4.05. The van der Waals surface area contributed by atoms with E-state index in [-0.39, 0.29) is 0 Å². The molecule has 0 amide bonds. The lowest BCUT2D eigenvalue weighted by atomic mass is 10.2. The number of aryl methyl sites for hydroxylation is 1. The van der Waals surface area contributed by atoms with E-state index in [1.165, 1.54) is 10.5 Å². The largest absolute Gasteiger partial charge is 0.308 e. The van der Waals surface area contributed by atoms with Gasteiger partial charge in [0, 0.05) is 22.0 Å². The number of thioether (sulfide) groups is 2. The van der Waals surface area contributed by atoms with Crippen LogP contribution in [0.15, 0.2) is 29.2 Å². The smallest absolute Gasteiger partial charge is 0.148 e. The van der Waals surface area contributed by atoms with Gasteiger partial charge >= 0.3 is 0 Å². The van der Waals surface area contributed by atoms with E-state index in [9.17, 15) is 0 Å². The van der Waals surface area contributed by atoms with E-state index in [0.29, 0.717) is 0 Å². The van der Waals surface area contributed by atoms with Crippen molar-refractivity contribution < 1.29 is 0 Å². The van der Waals surface area contributed by atoms with Gasteiger partial charge in [0.1, 0.15) is 11.6 Å². The molecule has 2 heterocycles. The van der Waals surface area contributed by atoms with Crippen molar-refractivity contribution in [2.24, 2.45) is 5.84 Å². The van der Waals surface area contributed by atoms with Gasteiger partial charge < -0.3 is 5.43 Å². The first-order valence-electron chi connectivity index (χ1n) is 6.39. The number of nitrogens with one attached hydrogen (secondary N) is 1. The van der Waals surface area contributed by atoms with E-state index in [0.717, 1.165) is 40.2 Å². The van der Waals surface area contributed by atoms with Crippen LogP contribution in [0.1, 0.15) is 22.6 Å². The first-order valence-corrected chi connectivity index (χ1v) is 8.53.